The summed E-state index contributed by atoms with van der Waals surface area (Å²) >= 11 is 3.48. The Morgan fingerprint density at radius 2 is 1.90 bits per heavy atom. The zero-order chi connectivity index (χ0) is 15.6. The van der Waals surface area contributed by atoms with Crippen LogP contribution in [0, 0.1) is 18.3 Å². The van der Waals surface area contributed by atoms with Crippen LogP contribution in [0.4, 0.5) is 0 Å². The van der Waals surface area contributed by atoms with Crippen molar-refractivity contribution in [1.29, 1.82) is 0 Å². The minimum absolute atomic E-state index is 0.0618. The molecular formula is C18H26BrNO. The highest BCUT2D eigenvalue weighted by Crippen LogP contribution is 2.38. The number of amides is 1. The van der Waals surface area contributed by atoms with E-state index in [1.165, 1.54) is 19.3 Å². The second-order valence-corrected chi connectivity index (χ2v) is 8.16. The van der Waals surface area contributed by atoms with Gasteiger partial charge in [-0.15, -0.1) is 0 Å². The molecule has 2 atom stereocenters. The van der Waals surface area contributed by atoms with E-state index in [2.05, 4.69) is 42.0 Å². The molecule has 0 spiro atoms. The van der Waals surface area contributed by atoms with E-state index >= 15 is 0 Å². The number of rotatable bonds is 2. The monoisotopic (exact) mass is 351 g/mol. The number of hydrogen-bond acceptors (Lipinski definition) is 1. The molecule has 116 valence electrons. The van der Waals surface area contributed by atoms with Crippen LogP contribution in [0.3, 0.4) is 0 Å². The SMILES string of the molecule is Cc1cc(C(=O)NC2CCCCC2C(C)(C)C)ccc1Br. The van der Waals surface area contributed by atoms with Crippen LogP contribution >= 0.6 is 15.9 Å². The smallest absolute Gasteiger partial charge is 0.251 e. The van der Waals surface area contributed by atoms with Crippen LogP contribution in [-0.4, -0.2) is 11.9 Å². The van der Waals surface area contributed by atoms with Gasteiger partial charge in [0.25, 0.3) is 5.91 Å². The quantitative estimate of drug-likeness (QED) is 0.789. The maximum atomic E-state index is 12.5. The van der Waals surface area contributed by atoms with Crippen molar-refractivity contribution in [3.63, 3.8) is 0 Å². The largest absolute Gasteiger partial charge is 0.349 e. The van der Waals surface area contributed by atoms with Crippen molar-refractivity contribution < 1.29 is 4.79 Å². The van der Waals surface area contributed by atoms with Crippen LogP contribution in [0.15, 0.2) is 22.7 Å². The fourth-order valence-electron chi connectivity index (χ4n) is 3.38. The van der Waals surface area contributed by atoms with Gasteiger partial charge in [0.2, 0.25) is 0 Å². The molecule has 1 aromatic rings. The first-order valence-electron chi connectivity index (χ1n) is 7.86. The molecule has 21 heavy (non-hydrogen) atoms. The number of benzene rings is 1. The van der Waals surface area contributed by atoms with Crippen LogP contribution in [0.25, 0.3) is 0 Å². The van der Waals surface area contributed by atoms with Gasteiger partial charge in [0.15, 0.2) is 0 Å². The van der Waals surface area contributed by atoms with Gasteiger partial charge in [-0.1, -0.05) is 49.5 Å². The van der Waals surface area contributed by atoms with E-state index in [-0.39, 0.29) is 11.3 Å². The molecule has 2 unspecified atom stereocenters. The second kappa shape index (κ2) is 6.51. The van der Waals surface area contributed by atoms with E-state index in [0.29, 0.717) is 12.0 Å². The molecule has 3 heteroatoms. The molecule has 1 N–H and O–H groups in total. The molecule has 0 aliphatic heterocycles. The molecule has 0 radical (unpaired) electrons. The van der Waals surface area contributed by atoms with Crippen molar-refractivity contribution in [2.24, 2.45) is 11.3 Å². The first-order valence-corrected chi connectivity index (χ1v) is 8.65. The highest BCUT2D eigenvalue weighted by molar-refractivity contribution is 9.10. The zero-order valence-electron chi connectivity index (χ0n) is 13.5. The summed E-state index contributed by atoms with van der Waals surface area (Å²) in [6, 6.07) is 6.09. The summed E-state index contributed by atoms with van der Waals surface area (Å²) in [5.74, 6) is 0.624. The molecule has 1 saturated carbocycles. The van der Waals surface area contributed by atoms with Crippen molar-refractivity contribution in [3.05, 3.63) is 33.8 Å². The molecule has 0 bridgehead atoms. The third-order valence-corrected chi connectivity index (χ3v) is 5.50. The minimum atomic E-state index is 0.0618. The molecule has 2 nitrogen and oxygen atoms in total. The first kappa shape index (κ1) is 16.5. The first-order chi connectivity index (χ1) is 9.79. The fraction of sp³-hybridized carbons (Fsp3) is 0.611. The van der Waals surface area contributed by atoms with Gasteiger partial charge >= 0.3 is 0 Å². The van der Waals surface area contributed by atoms with Crippen LogP contribution in [-0.2, 0) is 0 Å². The van der Waals surface area contributed by atoms with Crippen molar-refractivity contribution in [3.8, 4) is 0 Å². The number of carbonyl (C=O) groups is 1. The van der Waals surface area contributed by atoms with Gasteiger partial charge in [-0.05, 0) is 54.9 Å². The molecule has 1 aliphatic carbocycles. The molecule has 0 saturated heterocycles. The summed E-state index contributed by atoms with van der Waals surface area (Å²) in [7, 11) is 0. The summed E-state index contributed by atoms with van der Waals surface area (Å²) in [6.45, 7) is 8.86. The number of aryl methyl sites for hydroxylation is 1. The number of nitrogens with one attached hydrogen (secondary N) is 1. The lowest BCUT2D eigenvalue weighted by molar-refractivity contribution is 0.0830. The summed E-state index contributed by atoms with van der Waals surface area (Å²) < 4.78 is 1.05. The van der Waals surface area contributed by atoms with Gasteiger partial charge in [0.05, 0.1) is 0 Å². The van der Waals surface area contributed by atoms with Gasteiger partial charge in [-0.25, -0.2) is 0 Å². The van der Waals surface area contributed by atoms with Gasteiger partial charge in [0, 0.05) is 16.1 Å². The van der Waals surface area contributed by atoms with Gasteiger partial charge in [0.1, 0.15) is 0 Å². The van der Waals surface area contributed by atoms with Gasteiger partial charge in [-0.3, -0.25) is 4.79 Å². The lowest BCUT2D eigenvalue weighted by Crippen LogP contribution is -2.46. The molecular weight excluding hydrogens is 326 g/mol. The number of carbonyl (C=O) groups excluding carboxylic acids is 1. The van der Waals surface area contributed by atoms with E-state index in [1.54, 1.807) is 0 Å². The molecule has 0 heterocycles. The topological polar surface area (TPSA) is 29.1 Å². The Labute approximate surface area is 136 Å². The molecule has 1 amide bonds. The maximum Gasteiger partial charge on any atom is 0.251 e. The third kappa shape index (κ3) is 4.09. The Bertz CT molecular complexity index is 518. The normalized spacial score (nSPS) is 22.9. The van der Waals surface area contributed by atoms with Crippen molar-refractivity contribution >= 4 is 21.8 Å². The van der Waals surface area contributed by atoms with E-state index in [0.717, 1.165) is 22.0 Å². The van der Waals surface area contributed by atoms with E-state index < -0.39 is 0 Å². The van der Waals surface area contributed by atoms with Crippen LogP contribution in [0.5, 0.6) is 0 Å². The maximum absolute atomic E-state index is 12.5. The highest BCUT2D eigenvalue weighted by Gasteiger charge is 2.34. The van der Waals surface area contributed by atoms with E-state index in [1.807, 2.05) is 25.1 Å². The van der Waals surface area contributed by atoms with Gasteiger partial charge in [-0.2, -0.15) is 0 Å². The molecule has 2 rings (SSSR count). The molecule has 1 aromatic carbocycles. The Morgan fingerprint density at radius 1 is 1.24 bits per heavy atom. The average Bonchev–Trinajstić information content (AvgIpc) is 2.41. The minimum Gasteiger partial charge on any atom is -0.349 e. The summed E-state index contributed by atoms with van der Waals surface area (Å²) in [5.41, 5.74) is 2.10. The van der Waals surface area contributed by atoms with E-state index in [4.69, 9.17) is 0 Å². The van der Waals surface area contributed by atoms with Crippen LogP contribution in [0.1, 0.15) is 62.4 Å². The molecule has 0 aromatic heterocycles. The standard InChI is InChI=1S/C18H26BrNO/c1-12-11-13(9-10-15(12)19)17(21)20-16-8-6-5-7-14(16)18(2,3)4/h9-11,14,16H,5-8H2,1-4H3,(H,20,21). The van der Waals surface area contributed by atoms with Crippen LogP contribution in [0.2, 0.25) is 0 Å². The van der Waals surface area contributed by atoms with Crippen molar-refractivity contribution in [2.75, 3.05) is 0 Å². The Balaban J connectivity index is 2.11. The van der Waals surface area contributed by atoms with E-state index in [9.17, 15) is 4.79 Å². The van der Waals surface area contributed by atoms with Gasteiger partial charge < -0.3 is 5.32 Å². The fourth-order valence-corrected chi connectivity index (χ4v) is 3.62. The van der Waals surface area contributed by atoms with Crippen molar-refractivity contribution in [2.45, 2.75) is 59.4 Å². The average molecular weight is 352 g/mol. The predicted molar refractivity (Wildman–Crippen MR) is 91.5 cm³/mol. The number of hydrogen-bond donors (Lipinski definition) is 1. The Morgan fingerprint density at radius 3 is 2.52 bits per heavy atom. The summed E-state index contributed by atoms with van der Waals surface area (Å²) in [6.07, 6.45) is 4.82. The Kier molecular flexibility index (Phi) is 5.13. The molecule has 1 aliphatic rings. The summed E-state index contributed by atoms with van der Waals surface area (Å²) in [4.78, 5) is 12.5. The molecule has 1 fully saturated rings. The second-order valence-electron chi connectivity index (χ2n) is 7.30. The number of halogens is 1. The lowest BCUT2D eigenvalue weighted by Gasteiger charge is -2.40. The van der Waals surface area contributed by atoms with Crippen molar-refractivity contribution in [1.82, 2.24) is 5.32 Å². The zero-order valence-corrected chi connectivity index (χ0v) is 15.1. The highest BCUT2D eigenvalue weighted by atomic mass is 79.9. The Hall–Kier alpha value is -0.830. The van der Waals surface area contributed by atoms with Crippen LogP contribution < -0.4 is 5.32 Å². The summed E-state index contributed by atoms with van der Waals surface area (Å²) in [5, 5.41) is 3.28. The lowest BCUT2D eigenvalue weighted by atomic mass is 9.69. The third-order valence-electron chi connectivity index (χ3n) is 4.61. The predicted octanol–water partition coefficient (Wildman–Crippen LogP) is 5.09.